The molecule has 67 heavy (non-hydrogen) atoms. The fourth-order valence-electron chi connectivity index (χ4n) is 8.10. The van der Waals surface area contributed by atoms with Crippen LogP contribution in [0, 0.1) is 0 Å². The molecular weight excluding hydrogens is 858 g/mol. The summed E-state index contributed by atoms with van der Waals surface area (Å²) < 4.78 is 33.0. The molecule has 0 spiro atoms. The Bertz CT molecular complexity index is 1240. The molecule has 2 atom stereocenters. The van der Waals surface area contributed by atoms with E-state index in [1.807, 2.05) is 0 Å². The van der Waals surface area contributed by atoms with E-state index >= 15 is 0 Å². The minimum atomic E-state index is -4.38. The Morgan fingerprint density at radius 3 is 1.22 bits per heavy atom. The van der Waals surface area contributed by atoms with E-state index in [4.69, 9.17) is 24.3 Å². The lowest BCUT2D eigenvalue weighted by atomic mass is 10.0. The Morgan fingerprint density at radius 2 is 0.821 bits per heavy atom. The molecule has 0 aromatic heterocycles. The number of nitrogens with two attached hydrogens (primary N) is 1. The topological polar surface area (TPSA) is 134 Å². The van der Waals surface area contributed by atoms with Crippen LogP contribution >= 0.6 is 7.82 Å². The van der Waals surface area contributed by atoms with Gasteiger partial charge in [0.05, 0.1) is 13.2 Å². The van der Waals surface area contributed by atoms with Crippen molar-refractivity contribution in [2.24, 2.45) is 5.73 Å². The van der Waals surface area contributed by atoms with Gasteiger partial charge in [0.1, 0.15) is 6.61 Å². The van der Waals surface area contributed by atoms with Gasteiger partial charge in [0.15, 0.2) is 6.10 Å². The zero-order valence-corrected chi connectivity index (χ0v) is 44.5. The van der Waals surface area contributed by atoms with Gasteiger partial charge in [-0.15, -0.1) is 0 Å². The summed E-state index contributed by atoms with van der Waals surface area (Å²) in [6.07, 6.45) is 64.4. The molecule has 0 aliphatic rings. The maximum atomic E-state index is 12.7. The number of unbranched alkanes of at least 4 members (excludes halogenated alkanes) is 32. The van der Waals surface area contributed by atoms with E-state index in [-0.39, 0.29) is 38.6 Å². The van der Waals surface area contributed by atoms with Crippen molar-refractivity contribution >= 4 is 19.8 Å². The Morgan fingerprint density at radius 1 is 0.463 bits per heavy atom. The summed E-state index contributed by atoms with van der Waals surface area (Å²) in [5.41, 5.74) is 5.38. The first-order valence-electron chi connectivity index (χ1n) is 28.1. The molecule has 0 aromatic rings. The number of ether oxygens (including phenoxy) is 2. The summed E-state index contributed by atoms with van der Waals surface area (Å²) in [6.45, 7) is 3.67. The van der Waals surface area contributed by atoms with Crippen LogP contribution in [0.25, 0.3) is 0 Å². The van der Waals surface area contributed by atoms with Crippen molar-refractivity contribution in [1.29, 1.82) is 0 Å². The van der Waals surface area contributed by atoms with Crippen LogP contribution in [0.3, 0.4) is 0 Å². The lowest BCUT2D eigenvalue weighted by Crippen LogP contribution is -2.29. The first-order valence-corrected chi connectivity index (χ1v) is 29.6. The molecule has 0 aliphatic carbocycles. The van der Waals surface area contributed by atoms with Crippen molar-refractivity contribution in [3.63, 3.8) is 0 Å². The summed E-state index contributed by atoms with van der Waals surface area (Å²) in [6, 6.07) is 0. The molecule has 2 unspecified atom stereocenters. The van der Waals surface area contributed by atoms with Crippen molar-refractivity contribution in [2.75, 3.05) is 26.4 Å². The fourth-order valence-corrected chi connectivity index (χ4v) is 8.87. The molecule has 9 nitrogen and oxygen atoms in total. The number of phosphoric acid groups is 1. The normalized spacial score (nSPS) is 13.4. The van der Waals surface area contributed by atoms with E-state index < -0.39 is 26.5 Å². The number of hydrogen-bond donors (Lipinski definition) is 2. The monoisotopic (exact) mass is 964 g/mol. The Hall–Kier alpha value is -2.03. The molecule has 392 valence electrons. The van der Waals surface area contributed by atoms with Gasteiger partial charge in [0, 0.05) is 19.4 Å². The van der Waals surface area contributed by atoms with Crippen LogP contribution in [0.4, 0.5) is 0 Å². The largest absolute Gasteiger partial charge is 0.472 e. The third-order valence-corrected chi connectivity index (χ3v) is 13.2. The predicted octanol–water partition coefficient (Wildman–Crippen LogP) is 17.4. The van der Waals surface area contributed by atoms with Crippen LogP contribution in [-0.2, 0) is 32.7 Å². The van der Waals surface area contributed by atoms with Gasteiger partial charge in [-0.05, 0) is 51.4 Å². The number of carbonyl (C=O) groups excluding carboxylic acids is 2. The standard InChI is InChI=1S/C57H106NO8P/c1-3-5-7-9-11-13-15-17-19-21-23-24-25-26-27-28-29-30-32-34-36-38-40-42-44-46-48-50-57(60)66-55(54-65-67(61,62)64-52-51-58)53-63-56(59)49-47-45-43-41-39-37-35-33-31-22-20-18-16-14-12-10-8-6-4-2/h5,7,11,13,17,19,23-24,55H,3-4,6,8-10,12,14-16,18,20-22,25-54,58H2,1-2H3,(H,61,62)/b7-5-,13-11-,19-17-,24-23-. The highest BCUT2D eigenvalue weighted by Gasteiger charge is 2.26. The number of esters is 2. The summed E-state index contributed by atoms with van der Waals surface area (Å²) in [5, 5.41) is 0. The van der Waals surface area contributed by atoms with Crippen molar-refractivity contribution in [1.82, 2.24) is 0 Å². The second-order valence-electron chi connectivity index (χ2n) is 18.8. The zero-order chi connectivity index (χ0) is 48.8. The second kappa shape index (κ2) is 53.3. The van der Waals surface area contributed by atoms with Crippen LogP contribution in [0.1, 0.15) is 271 Å². The molecule has 0 saturated carbocycles. The summed E-state index contributed by atoms with van der Waals surface area (Å²) in [5.74, 6) is -0.815. The molecular formula is C57H106NO8P. The number of hydrogen-bond acceptors (Lipinski definition) is 8. The molecule has 0 heterocycles. The van der Waals surface area contributed by atoms with E-state index in [0.717, 1.165) is 64.2 Å². The molecule has 0 bridgehead atoms. The van der Waals surface area contributed by atoms with Crippen molar-refractivity contribution < 1.29 is 37.6 Å². The summed E-state index contributed by atoms with van der Waals surface area (Å²) in [7, 11) is -4.38. The lowest BCUT2D eigenvalue weighted by molar-refractivity contribution is -0.161. The minimum Gasteiger partial charge on any atom is -0.462 e. The first-order chi connectivity index (χ1) is 32.8. The highest BCUT2D eigenvalue weighted by molar-refractivity contribution is 7.47. The van der Waals surface area contributed by atoms with E-state index in [2.05, 4.69) is 62.5 Å². The van der Waals surface area contributed by atoms with Crippen molar-refractivity contribution in [2.45, 2.75) is 277 Å². The van der Waals surface area contributed by atoms with E-state index in [1.165, 1.54) is 173 Å². The van der Waals surface area contributed by atoms with Crippen LogP contribution in [0.5, 0.6) is 0 Å². The molecule has 10 heteroatoms. The number of allylic oxidation sites excluding steroid dienone is 8. The number of phosphoric ester groups is 1. The van der Waals surface area contributed by atoms with E-state index in [9.17, 15) is 19.0 Å². The van der Waals surface area contributed by atoms with Crippen LogP contribution in [0.15, 0.2) is 48.6 Å². The van der Waals surface area contributed by atoms with Gasteiger partial charge in [-0.3, -0.25) is 18.6 Å². The molecule has 0 rings (SSSR count). The lowest BCUT2D eigenvalue weighted by Gasteiger charge is -2.19. The van der Waals surface area contributed by atoms with E-state index in [1.54, 1.807) is 0 Å². The van der Waals surface area contributed by atoms with Crippen molar-refractivity contribution in [3.05, 3.63) is 48.6 Å². The number of carbonyl (C=O) groups is 2. The summed E-state index contributed by atoms with van der Waals surface area (Å²) in [4.78, 5) is 35.1. The van der Waals surface area contributed by atoms with Crippen LogP contribution in [-0.4, -0.2) is 49.3 Å². The van der Waals surface area contributed by atoms with Gasteiger partial charge in [-0.25, -0.2) is 4.57 Å². The van der Waals surface area contributed by atoms with Gasteiger partial charge in [-0.2, -0.15) is 0 Å². The van der Waals surface area contributed by atoms with Crippen molar-refractivity contribution in [3.8, 4) is 0 Å². The third-order valence-electron chi connectivity index (χ3n) is 12.2. The maximum absolute atomic E-state index is 12.7. The van der Waals surface area contributed by atoms with Gasteiger partial charge in [0.25, 0.3) is 0 Å². The second-order valence-corrected chi connectivity index (χ2v) is 20.2. The van der Waals surface area contributed by atoms with Gasteiger partial charge < -0.3 is 20.1 Å². The van der Waals surface area contributed by atoms with Crippen LogP contribution in [0.2, 0.25) is 0 Å². The van der Waals surface area contributed by atoms with Crippen LogP contribution < -0.4 is 5.73 Å². The Kier molecular flexibility index (Phi) is 51.7. The smallest absolute Gasteiger partial charge is 0.462 e. The fraction of sp³-hybridized carbons (Fsp3) is 0.825. The minimum absolute atomic E-state index is 0.0543. The Labute approximate surface area is 413 Å². The van der Waals surface area contributed by atoms with E-state index in [0.29, 0.717) is 6.42 Å². The molecule has 0 aliphatic heterocycles. The Balaban J connectivity index is 3.95. The van der Waals surface area contributed by atoms with Gasteiger partial charge in [0.2, 0.25) is 0 Å². The average molecular weight is 964 g/mol. The molecule has 3 N–H and O–H groups in total. The predicted molar refractivity (Wildman–Crippen MR) is 284 cm³/mol. The molecule has 0 fully saturated rings. The third kappa shape index (κ3) is 53.2. The summed E-state index contributed by atoms with van der Waals surface area (Å²) >= 11 is 0. The molecule has 0 saturated heterocycles. The SMILES string of the molecule is CC/C=C\C/C=C\C/C=C\C/C=C\CCCCCCCCCCCCCCCCC(=O)OC(COC(=O)CCCCCCCCCCCCCCCCCCCCC)COP(=O)(O)OCCN. The highest BCUT2D eigenvalue weighted by Crippen LogP contribution is 2.43. The maximum Gasteiger partial charge on any atom is 0.472 e. The molecule has 0 radical (unpaired) electrons. The van der Waals surface area contributed by atoms with Gasteiger partial charge >= 0.3 is 19.8 Å². The molecule has 0 amide bonds. The van der Waals surface area contributed by atoms with Gasteiger partial charge in [-0.1, -0.05) is 255 Å². The number of rotatable bonds is 53. The zero-order valence-electron chi connectivity index (χ0n) is 43.6. The average Bonchev–Trinajstić information content (AvgIpc) is 3.32. The quantitative estimate of drug-likeness (QED) is 0.0264. The first kappa shape index (κ1) is 65.0. The highest BCUT2D eigenvalue weighted by atomic mass is 31.2. The molecule has 0 aromatic carbocycles.